The van der Waals surface area contributed by atoms with Crippen molar-refractivity contribution in [2.24, 2.45) is 0 Å². The summed E-state index contributed by atoms with van der Waals surface area (Å²) in [6, 6.07) is 9.53. The quantitative estimate of drug-likeness (QED) is 0.620. The monoisotopic (exact) mass is 312 g/mol. The summed E-state index contributed by atoms with van der Waals surface area (Å²) in [7, 11) is 0. The number of benzene rings is 1. The number of nitrogens with one attached hydrogen (secondary N) is 1. The van der Waals surface area contributed by atoms with E-state index in [1.807, 2.05) is 30.3 Å². The third kappa shape index (κ3) is 6.01. The van der Waals surface area contributed by atoms with E-state index >= 15 is 0 Å². The molecule has 0 bridgehead atoms. The molecule has 0 aliphatic carbocycles. The number of rotatable bonds is 10. The van der Waals surface area contributed by atoms with Gasteiger partial charge in [0.1, 0.15) is 0 Å². The molecule has 0 aliphatic heterocycles. The van der Waals surface area contributed by atoms with Crippen molar-refractivity contribution >= 4 is 16.8 Å². The second-order valence-corrected chi connectivity index (χ2v) is 6.14. The topological polar surface area (TPSA) is 42.0 Å². The van der Waals surface area contributed by atoms with Crippen LogP contribution in [-0.2, 0) is 0 Å². The van der Waals surface area contributed by atoms with Crippen molar-refractivity contribution in [3.8, 4) is 0 Å². The molecule has 1 heterocycles. The van der Waals surface area contributed by atoms with Gasteiger partial charge in [-0.15, -0.1) is 0 Å². The summed E-state index contributed by atoms with van der Waals surface area (Å²) in [6.45, 7) is 3.01. The molecule has 1 aromatic carbocycles. The fraction of sp³-hybridized carbons (Fsp3) is 0.500. The zero-order chi connectivity index (χ0) is 16.3. The molecule has 0 saturated heterocycles. The molecule has 0 fully saturated rings. The Bertz CT molecular complexity index is 609. The minimum atomic E-state index is 0.0127. The number of fused-ring (bicyclic) bond motifs is 1. The lowest BCUT2D eigenvalue weighted by Crippen LogP contribution is -2.24. The number of nitrogens with zero attached hydrogens (tertiary/aromatic N) is 1. The van der Waals surface area contributed by atoms with Crippen molar-refractivity contribution in [2.75, 3.05) is 6.54 Å². The first kappa shape index (κ1) is 17.5. The first-order valence-corrected chi connectivity index (χ1v) is 8.94. The molecule has 0 saturated carbocycles. The minimum absolute atomic E-state index is 0.0127. The molecule has 3 heteroatoms. The van der Waals surface area contributed by atoms with Crippen molar-refractivity contribution in [2.45, 2.75) is 58.3 Å². The zero-order valence-electron chi connectivity index (χ0n) is 14.2. The Morgan fingerprint density at radius 3 is 2.52 bits per heavy atom. The van der Waals surface area contributed by atoms with Crippen molar-refractivity contribution in [1.82, 2.24) is 10.3 Å². The highest BCUT2D eigenvalue weighted by molar-refractivity contribution is 5.97. The van der Waals surface area contributed by atoms with Gasteiger partial charge in [-0.25, -0.2) is 0 Å². The first-order chi connectivity index (χ1) is 11.3. The SMILES string of the molecule is CCCCCCCCCCNC(=O)c1ccc2ncccc2c1. The van der Waals surface area contributed by atoms with Crippen LogP contribution in [0.4, 0.5) is 0 Å². The highest BCUT2D eigenvalue weighted by Gasteiger charge is 2.05. The average Bonchev–Trinajstić information content (AvgIpc) is 2.59. The maximum Gasteiger partial charge on any atom is 0.251 e. The molecule has 0 unspecified atom stereocenters. The molecule has 0 radical (unpaired) electrons. The lowest BCUT2D eigenvalue weighted by atomic mass is 10.1. The van der Waals surface area contributed by atoms with E-state index in [1.165, 1.54) is 44.9 Å². The molecule has 3 nitrogen and oxygen atoms in total. The predicted octanol–water partition coefficient (Wildman–Crippen LogP) is 5.11. The van der Waals surface area contributed by atoms with E-state index in [1.54, 1.807) is 6.20 Å². The van der Waals surface area contributed by atoms with E-state index in [2.05, 4.69) is 17.2 Å². The fourth-order valence-electron chi connectivity index (χ4n) is 2.78. The Hall–Kier alpha value is -1.90. The molecule has 0 aliphatic rings. The summed E-state index contributed by atoms with van der Waals surface area (Å²) in [4.78, 5) is 16.4. The summed E-state index contributed by atoms with van der Waals surface area (Å²) < 4.78 is 0. The third-order valence-electron chi connectivity index (χ3n) is 4.18. The van der Waals surface area contributed by atoms with Gasteiger partial charge in [0.05, 0.1) is 5.52 Å². The molecule has 2 aromatic rings. The zero-order valence-corrected chi connectivity index (χ0v) is 14.2. The molecule has 1 N–H and O–H groups in total. The molecular formula is C20H28N2O. The number of amides is 1. The van der Waals surface area contributed by atoms with Gasteiger partial charge in [-0.3, -0.25) is 9.78 Å². The van der Waals surface area contributed by atoms with Gasteiger partial charge in [0.25, 0.3) is 5.91 Å². The van der Waals surface area contributed by atoms with Crippen molar-refractivity contribution in [3.05, 3.63) is 42.1 Å². The maximum absolute atomic E-state index is 12.2. The van der Waals surface area contributed by atoms with Crippen LogP contribution in [0.2, 0.25) is 0 Å². The number of aromatic nitrogens is 1. The third-order valence-corrected chi connectivity index (χ3v) is 4.18. The summed E-state index contributed by atoms with van der Waals surface area (Å²) in [5.74, 6) is 0.0127. The Kier molecular flexibility index (Phi) is 7.58. The smallest absolute Gasteiger partial charge is 0.251 e. The summed E-state index contributed by atoms with van der Waals surface area (Å²) >= 11 is 0. The van der Waals surface area contributed by atoms with Gasteiger partial charge in [-0.05, 0) is 30.7 Å². The predicted molar refractivity (Wildman–Crippen MR) is 96.7 cm³/mol. The Labute approximate surface area is 139 Å². The van der Waals surface area contributed by atoms with Crippen molar-refractivity contribution < 1.29 is 4.79 Å². The van der Waals surface area contributed by atoms with Crippen LogP contribution in [0.25, 0.3) is 10.9 Å². The van der Waals surface area contributed by atoms with Gasteiger partial charge in [0, 0.05) is 23.7 Å². The van der Waals surface area contributed by atoms with E-state index < -0.39 is 0 Å². The maximum atomic E-state index is 12.2. The molecule has 0 spiro atoms. The van der Waals surface area contributed by atoms with Crippen LogP contribution in [0.1, 0.15) is 68.6 Å². The van der Waals surface area contributed by atoms with E-state index in [-0.39, 0.29) is 5.91 Å². The average molecular weight is 312 g/mol. The number of hydrogen-bond donors (Lipinski definition) is 1. The van der Waals surface area contributed by atoms with Gasteiger partial charge in [-0.1, -0.05) is 57.9 Å². The van der Waals surface area contributed by atoms with Crippen LogP contribution in [-0.4, -0.2) is 17.4 Å². The molecular weight excluding hydrogens is 284 g/mol. The molecule has 23 heavy (non-hydrogen) atoms. The molecule has 124 valence electrons. The van der Waals surface area contributed by atoms with Gasteiger partial charge >= 0.3 is 0 Å². The highest BCUT2D eigenvalue weighted by atomic mass is 16.1. The molecule has 1 amide bonds. The van der Waals surface area contributed by atoms with E-state index in [0.717, 1.165) is 23.9 Å². The van der Waals surface area contributed by atoms with E-state index in [4.69, 9.17) is 0 Å². The van der Waals surface area contributed by atoms with E-state index in [0.29, 0.717) is 5.56 Å². The molecule has 0 atom stereocenters. The van der Waals surface area contributed by atoms with Gasteiger partial charge < -0.3 is 5.32 Å². The van der Waals surface area contributed by atoms with Gasteiger partial charge in [0.2, 0.25) is 0 Å². The largest absolute Gasteiger partial charge is 0.352 e. The van der Waals surface area contributed by atoms with Crippen LogP contribution in [0.5, 0.6) is 0 Å². The lowest BCUT2D eigenvalue weighted by Gasteiger charge is -2.06. The van der Waals surface area contributed by atoms with Crippen LogP contribution in [0, 0.1) is 0 Å². The Morgan fingerprint density at radius 2 is 1.74 bits per heavy atom. The summed E-state index contributed by atoms with van der Waals surface area (Å²) in [5, 5.41) is 4.02. The van der Waals surface area contributed by atoms with Crippen LogP contribution < -0.4 is 5.32 Å². The highest BCUT2D eigenvalue weighted by Crippen LogP contribution is 2.13. The second-order valence-electron chi connectivity index (χ2n) is 6.14. The van der Waals surface area contributed by atoms with Crippen LogP contribution >= 0.6 is 0 Å². The standard InChI is InChI=1S/C20H28N2O/c1-2-3-4-5-6-7-8-9-14-22-20(23)18-12-13-19-17(16-18)11-10-15-21-19/h10-13,15-16H,2-9,14H2,1H3,(H,22,23). The number of unbranched alkanes of at least 4 members (excludes halogenated alkanes) is 7. The second kappa shape index (κ2) is 9.98. The van der Waals surface area contributed by atoms with Gasteiger partial charge in [-0.2, -0.15) is 0 Å². The van der Waals surface area contributed by atoms with E-state index in [9.17, 15) is 4.79 Å². The van der Waals surface area contributed by atoms with Crippen molar-refractivity contribution in [1.29, 1.82) is 0 Å². The summed E-state index contributed by atoms with van der Waals surface area (Å²) in [5.41, 5.74) is 1.64. The number of carbonyl (C=O) groups excluding carboxylic acids is 1. The van der Waals surface area contributed by atoms with Gasteiger partial charge in [0.15, 0.2) is 0 Å². The van der Waals surface area contributed by atoms with Crippen molar-refractivity contribution in [3.63, 3.8) is 0 Å². The van der Waals surface area contributed by atoms with Crippen LogP contribution in [0.3, 0.4) is 0 Å². The molecule has 2 rings (SSSR count). The Morgan fingerprint density at radius 1 is 1.00 bits per heavy atom. The van der Waals surface area contributed by atoms with Crippen LogP contribution in [0.15, 0.2) is 36.5 Å². The normalized spacial score (nSPS) is 10.8. The Balaban J connectivity index is 1.64. The summed E-state index contributed by atoms with van der Waals surface area (Å²) in [6.07, 6.45) is 12.0. The number of carbonyl (C=O) groups is 1. The number of hydrogen-bond acceptors (Lipinski definition) is 2. The number of pyridine rings is 1. The fourth-order valence-corrected chi connectivity index (χ4v) is 2.78. The minimum Gasteiger partial charge on any atom is -0.352 e. The molecule has 1 aromatic heterocycles. The lowest BCUT2D eigenvalue weighted by molar-refractivity contribution is 0.0953. The first-order valence-electron chi connectivity index (χ1n) is 8.94.